The highest BCUT2D eigenvalue weighted by Crippen LogP contribution is 2.71. The van der Waals surface area contributed by atoms with Gasteiger partial charge >= 0.3 is 5.97 Å². The van der Waals surface area contributed by atoms with Crippen LogP contribution in [0.4, 0.5) is 0 Å². The van der Waals surface area contributed by atoms with Gasteiger partial charge in [0.1, 0.15) is 0 Å². The van der Waals surface area contributed by atoms with E-state index in [2.05, 4.69) is 11.9 Å². The number of carbonyl (C=O) groups is 1. The fourth-order valence-corrected chi connectivity index (χ4v) is 8.02. The van der Waals surface area contributed by atoms with Gasteiger partial charge < -0.3 is 19.5 Å². The van der Waals surface area contributed by atoms with Crippen molar-refractivity contribution in [2.24, 2.45) is 28.6 Å². The summed E-state index contributed by atoms with van der Waals surface area (Å²) in [5.74, 6) is -0.0810. The number of aliphatic hydroxyl groups is 1. The van der Waals surface area contributed by atoms with Crippen LogP contribution in [0, 0.1) is 28.6 Å². The number of nitrogens with zero attached hydrogens (tertiary/aromatic N) is 1. The van der Waals surface area contributed by atoms with E-state index in [9.17, 15) is 9.90 Å². The molecule has 5 heteroatoms. The second-order valence-corrected chi connectivity index (χ2v) is 10.3. The Morgan fingerprint density at radius 1 is 1.32 bits per heavy atom. The Bertz CT molecular complexity index is 707. The predicted molar refractivity (Wildman–Crippen MR) is 105 cm³/mol. The van der Waals surface area contributed by atoms with Crippen LogP contribution in [0.15, 0.2) is 11.1 Å². The lowest BCUT2D eigenvalue weighted by atomic mass is 9.50. The average molecular weight is 390 g/mol. The number of carbonyl (C=O) groups excluding carboxylic acids is 1. The molecular formula is C23H35NO4. The fraction of sp³-hybridized carbons (Fsp3) is 0.870. The quantitative estimate of drug-likeness (QED) is 0.581. The highest BCUT2D eigenvalue weighted by molar-refractivity contribution is 5.75. The summed E-state index contributed by atoms with van der Waals surface area (Å²) in [6.07, 6.45) is 7.92. The topological polar surface area (TPSA) is 59.0 Å². The number of methoxy groups -OCH3 is 1. The Hall–Kier alpha value is -0.910. The number of hydrogen-bond donors (Lipinski definition) is 1. The maximum Gasteiger partial charge on any atom is 0.309 e. The SMILES string of the molecule is CC[C@@]1(O)CC[C@@]2(CO1)[C@H]1CCC3=C4[C@@H](CC3)[C@@H](C(=O)OC)C[C@]42CN(C)C1. The molecule has 0 aromatic heterocycles. The summed E-state index contributed by atoms with van der Waals surface area (Å²) in [7, 11) is 3.78. The largest absolute Gasteiger partial charge is 0.469 e. The summed E-state index contributed by atoms with van der Waals surface area (Å²) in [5, 5.41) is 10.8. The van der Waals surface area contributed by atoms with Gasteiger partial charge in [0, 0.05) is 30.3 Å². The van der Waals surface area contributed by atoms with Crippen molar-refractivity contribution in [1.29, 1.82) is 0 Å². The van der Waals surface area contributed by atoms with E-state index in [0.717, 1.165) is 38.8 Å². The van der Waals surface area contributed by atoms with Crippen molar-refractivity contribution in [3.8, 4) is 0 Å². The summed E-state index contributed by atoms with van der Waals surface area (Å²) >= 11 is 0. The van der Waals surface area contributed by atoms with Crippen LogP contribution in [0.25, 0.3) is 0 Å². The van der Waals surface area contributed by atoms with Crippen molar-refractivity contribution in [3.05, 3.63) is 11.1 Å². The van der Waals surface area contributed by atoms with Crippen molar-refractivity contribution in [1.82, 2.24) is 4.90 Å². The Labute approximate surface area is 168 Å². The molecule has 1 saturated carbocycles. The fourth-order valence-electron chi connectivity index (χ4n) is 8.02. The molecule has 6 atom stereocenters. The number of rotatable bonds is 2. The minimum atomic E-state index is -0.971. The summed E-state index contributed by atoms with van der Waals surface area (Å²) in [6.45, 7) is 4.76. The molecule has 2 bridgehead atoms. The van der Waals surface area contributed by atoms with E-state index >= 15 is 0 Å². The van der Waals surface area contributed by atoms with Gasteiger partial charge in [0.15, 0.2) is 5.79 Å². The molecule has 2 saturated heterocycles. The normalized spacial score (nSPS) is 47.9. The van der Waals surface area contributed by atoms with Crippen molar-refractivity contribution < 1.29 is 19.4 Å². The molecule has 5 nitrogen and oxygen atoms in total. The van der Waals surface area contributed by atoms with Crippen molar-refractivity contribution in [2.45, 2.75) is 64.1 Å². The summed E-state index contributed by atoms with van der Waals surface area (Å²) in [4.78, 5) is 15.3. The summed E-state index contributed by atoms with van der Waals surface area (Å²) < 4.78 is 11.5. The van der Waals surface area contributed by atoms with Crippen LogP contribution in [-0.2, 0) is 14.3 Å². The molecule has 5 rings (SSSR count). The third-order valence-electron chi connectivity index (χ3n) is 9.30. The van der Waals surface area contributed by atoms with E-state index in [1.807, 2.05) is 6.92 Å². The van der Waals surface area contributed by atoms with E-state index < -0.39 is 5.79 Å². The van der Waals surface area contributed by atoms with Crippen LogP contribution in [0.1, 0.15) is 58.3 Å². The number of likely N-dealkylation sites (tertiary alicyclic amines) is 1. The van der Waals surface area contributed by atoms with E-state index in [4.69, 9.17) is 9.47 Å². The number of piperidine rings is 1. The van der Waals surface area contributed by atoms with E-state index in [1.54, 1.807) is 11.1 Å². The van der Waals surface area contributed by atoms with E-state index in [-0.39, 0.29) is 22.7 Å². The molecule has 0 amide bonds. The van der Waals surface area contributed by atoms with Gasteiger partial charge in [-0.3, -0.25) is 4.79 Å². The van der Waals surface area contributed by atoms with Gasteiger partial charge in [0.2, 0.25) is 0 Å². The van der Waals surface area contributed by atoms with Crippen LogP contribution in [0.5, 0.6) is 0 Å². The van der Waals surface area contributed by atoms with Crippen LogP contribution < -0.4 is 0 Å². The predicted octanol–water partition coefficient (Wildman–Crippen LogP) is 3.12. The molecule has 0 aromatic rings. The average Bonchev–Trinajstić information content (AvgIpc) is 3.23. The van der Waals surface area contributed by atoms with Crippen molar-refractivity contribution in [3.63, 3.8) is 0 Å². The molecule has 3 fully saturated rings. The summed E-state index contributed by atoms with van der Waals surface area (Å²) in [6, 6.07) is 0. The van der Waals surface area contributed by atoms with Crippen LogP contribution in [-0.4, -0.2) is 55.6 Å². The highest BCUT2D eigenvalue weighted by Gasteiger charge is 2.69. The summed E-state index contributed by atoms with van der Waals surface area (Å²) in [5.41, 5.74) is 3.31. The smallest absolute Gasteiger partial charge is 0.309 e. The lowest BCUT2D eigenvalue weighted by Crippen LogP contribution is -2.64. The van der Waals surface area contributed by atoms with E-state index in [0.29, 0.717) is 31.3 Å². The zero-order chi connectivity index (χ0) is 19.7. The zero-order valence-corrected chi connectivity index (χ0v) is 17.6. The van der Waals surface area contributed by atoms with Gasteiger partial charge in [-0.15, -0.1) is 0 Å². The molecule has 28 heavy (non-hydrogen) atoms. The molecule has 2 heterocycles. The Morgan fingerprint density at radius 3 is 2.79 bits per heavy atom. The second kappa shape index (κ2) is 6.29. The first-order chi connectivity index (χ1) is 13.4. The number of esters is 1. The third kappa shape index (κ3) is 2.33. The molecule has 0 unspecified atom stereocenters. The van der Waals surface area contributed by atoms with Gasteiger partial charge in [-0.2, -0.15) is 0 Å². The standard InChI is InChI=1S/C23H35NO4/c1-4-23(26)10-9-21(14-28-23)16-7-5-15-6-8-17-18(20(25)27-3)11-22(21,19(15)17)13-24(2)12-16/h16-18,26H,4-14H2,1-3H3/t16-,17-,18-,21+,22-,23-/m0/s1. The first kappa shape index (κ1) is 19.1. The molecule has 1 N–H and O–H groups in total. The second-order valence-electron chi connectivity index (χ2n) is 10.3. The van der Waals surface area contributed by atoms with Gasteiger partial charge in [-0.05, 0) is 63.8 Å². The van der Waals surface area contributed by atoms with Crippen LogP contribution >= 0.6 is 0 Å². The van der Waals surface area contributed by atoms with Crippen LogP contribution in [0.3, 0.4) is 0 Å². The lowest BCUT2D eigenvalue weighted by Gasteiger charge is -2.61. The molecule has 156 valence electrons. The Kier molecular flexibility index (Phi) is 4.29. The third-order valence-corrected chi connectivity index (χ3v) is 9.30. The zero-order valence-electron chi connectivity index (χ0n) is 17.6. The van der Waals surface area contributed by atoms with E-state index in [1.165, 1.54) is 20.0 Å². The molecule has 0 aromatic carbocycles. The number of allylic oxidation sites excluding steroid dienone is 1. The number of hydrogen-bond acceptors (Lipinski definition) is 5. The van der Waals surface area contributed by atoms with Gasteiger partial charge in [0.05, 0.1) is 19.6 Å². The highest BCUT2D eigenvalue weighted by atomic mass is 16.6. The Morgan fingerprint density at radius 2 is 2.11 bits per heavy atom. The van der Waals surface area contributed by atoms with Gasteiger partial charge in [-0.1, -0.05) is 18.1 Å². The number of ether oxygens (including phenoxy) is 2. The van der Waals surface area contributed by atoms with Crippen molar-refractivity contribution >= 4 is 5.97 Å². The van der Waals surface area contributed by atoms with Gasteiger partial charge in [0.25, 0.3) is 0 Å². The minimum absolute atomic E-state index is 0.00555. The van der Waals surface area contributed by atoms with Crippen LogP contribution in [0.2, 0.25) is 0 Å². The lowest BCUT2D eigenvalue weighted by molar-refractivity contribution is -0.284. The Balaban J connectivity index is 1.64. The molecule has 0 radical (unpaired) electrons. The van der Waals surface area contributed by atoms with Gasteiger partial charge in [-0.25, -0.2) is 0 Å². The molecule has 2 aliphatic heterocycles. The maximum absolute atomic E-state index is 12.8. The first-order valence-electron chi connectivity index (χ1n) is 11.2. The molecular weight excluding hydrogens is 354 g/mol. The van der Waals surface area contributed by atoms with Crippen molar-refractivity contribution in [2.75, 3.05) is 33.9 Å². The monoisotopic (exact) mass is 389 g/mol. The minimum Gasteiger partial charge on any atom is -0.469 e. The maximum atomic E-state index is 12.8. The molecule has 3 aliphatic carbocycles. The molecule has 2 spiro atoms. The molecule has 5 aliphatic rings. The first-order valence-corrected chi connectivity index (χ1v) is 11.2.